The number of fused-ring (bicyclic) bond motifs is 5. The summed E-state index contributed by atoms with van der Waals surface area (Å²) in [7, 11) is 0. The number of hydrogen-bond donors (Lipinski definition) is 3. The van der Waals surface area contributed by atoms with Crippen molar-refractivity contribution in [1.82, 2.24) is 0 Å². The topological polar surface area (TPSA) is 60.7 Å². The molecule has 0 aromatic rings. The summed E-state index contributed by atoms with van der Waals surface area (Å²) >= 11 is 0. The first kappa shape index (κ1) is 16.4. The Kier molecular flexibility index (Phi) is 3.87. The van der Waals surface area contributed by atoms with Gasteiger partial charge in [0.25, 0.3) is 0 Å². The fourth-order valence-electron chi connectivity index (χ4n) is 7.58. The molecule has 23 heavy (non-hydrogen) atoms. The van der Waals surface area contributed by atoms with E-state index < -0.39 is 11.7 Å². The van der Waals surface area contributed by atoms with Gasteiger partial charge < -0.3 is 15.3 Å². The highest BCUT2D eigenvalue weighted by Crippen LogP contribution is 2.65. The van der Waals surface area contributed by atoms with Gasteiger partial charge in [-0.1, -0.05) is 13.8 Å². The molecule has 4 rings (SSSR count). The van der Waals surface area contributed by atoms with Crippen molar-refractivity contribution in [3.8, 4) is 0 Å². The largest absolute Gasteiger partial charge is 0.393 e. The average Bonchev–Trinajstić information content (AvgIpc) is 2.75. The van der Waals surface area contributed by atoms with E-state index in [1.165, 1.54) is 25.7 Å². The van der Waals surface area contributed by atoms with Crippen LogP contribution in [0.1, 0.15) is 71.6 Å². The SMILES string of the molecule is CC[C@]1(O)[C@H](O)C[C@H]2[C@@H]3CC[C@H]4C[C@@H](O)CC[C@@H]4[C@H]3CC[C@@]21C. The molecule has 0 aliphatic heterocycles. The standard InChI is InChI=1S/C20H34O3/c1-3-20(23)18(22)11-17-16-6-4-12-10-13(21)5-7-14(12)15(16)8-9-19(17,20)2/h12-18,21-23H,3-11H2,1-2H3/t12-,13-,14-,15+,16+,17-,18+,19-,20-/m0/s1. The lowest BCUT2D eigenvalue weighted by molar-refractivity contribution is -0.158. The van der Waals surface area contributed by atoms with Gasteiger partial charge in [-0.25, -0.2) is 0 Å². The highest BCUT2D eigenvalue weighted by Gasteiger charge is 2.65. The predicted octanol–water partition coefficient (Wildman–Crippen LogP) is 3.11. The third-order valence-corrected chi connectivity index (χ3v) is 8.87. The Morgan fingerprint density at radius 2 is 1.65 bits per heavy atom. The number of rotatable bonds is 1. The maximum atomic E-state index is 11.2. The normalized spacial score (nSPS) is 59.1. The van der Waals surface area contributed by atoms with Crippen LogP contribution in [0, 0.1) is 35.0 Å². The quantitative estimate of drug-likeness (QED) is 0.695. The zero-order valence-corrected chi connectivity index (χ0v) is 14.7. The lowest BCUT2D eigenvalue weighted by Crippen LogP contribution is -2.55. The molecule has 0 amide bonds. The third-order valence-electron chi connectivity index (χ3n) is 8.87. The molecular weight excluding hydrogens is 288 g/mol. The van der Waals surface area contributed by atoms with Gasteiger partial charge in [0.15, 0.2) is 0 Å². The second-order valence-corrected chi connectivity index (χ2v) is 9.39. The maximum absolute atomic E-state index is 11.2. The van der Waals surface area contributed by atoms with Crippen molar-refractivity contribution >= 4 is 0 Å². The Hall–Kier alpha value is -0.120. The van der Waals surface area contributed by atoms with E-state index in [0.29, 0.717) is 18.3 Å². The molecule has 0 bridgehead atoms. The van der Waals surface area contributed by atoms with E-state index in [1.807, 2.05) is 6.92 Å². The third kappa shape index (κ3) is 2.12. The lowest BCUT2D eigenvalue weighted by Gasteiger charge is -2.57. The van der Waals surface area contributed by atoms with Crippen LogP contribution in [0.5, 0.6) is 0 Å². The average molecular weight is 322 g/mol. The minimum absolute atomic E-state index is 0.0693. The maximum Gasteiger partial charge on any atom is 0.0958 e. The second kappa shape index (κ2) is 5.44. The van der Waals surface area contributed by atoms with Crippen molar-refractivity contribution in [2.75, 3.05) is 0 Å². The van der Waals surface area contributed by atoms with E-state index >= 15 is 0 Å². The Balaban J connectivity index is 1.60. The number of hydrogen-bond acceptors (Lipinski definition) is 3. The van der Waals surface area contributed by atoms with Crippen LogP contribution in [0.25, 0.3) is 0 Å². The van der Waals surface area contributed by atoms with E-state index in [1.54, 1.807) is 0 Å². The molecule has 0 saturated heterocycles. The first-order valence-corrected chi connectivity index (χ1v) is 9.99. The first-order chi connectivity index (χ1) is 10.9. The van der Waals surface area contributed by atoms with Crippen LogP contribution in [0.2, 0.25) is 0 Å². The van der Waals surface area contributed by atoms with Gasteiger partial charge >= 0.3 is 0 Å². The van der Waals surface area contributed by atoms with Gasteiger partial charge in [-0.15, -0.1) is 0 Å². The summed E-state index contributed by atoms with van der Waals surface area (Å²) in [5.41, 5.74) is -0.994. The van der Waals surface area contributed by atoms with Gasteiger partial charge in [-0.05, 0) is 87.4 Å². The lowest BCUT2D eigenvalue weighted by atomic mass is 9.49. The van der Waals surface area contributed by atoms with E-state index in [0.717, 1.165) is 43.4 Å². The van der Waals surface area contributed by atoms with Crippen molar-refractivity contribution in [2.45, 2.75) is 89.4 Å². The molecule has 0 heterocycles. The minimum Gasteiger partial charge on any atom is -0.393 e. The summed E-state index contributed by atoms with van der Waals surface area (Å²) in [6.07, 6.45) is 8.78. The summed E-state index contributed by atoms with van der Waals surface area (Å²) in [5.74, 6) is 3.44. The van der Waals surface area contributed by atoms with Crippen LogP contribution in [0.4, 0.5) is 0 Å². The van der Waals surface area contributed by atoms with Crippen molar-refractivity contribution in [3.63, 3.8) is 0 Å². The molecular formula is C20H34O3. The van der Waals surface area contributed by atoms with Crippen LogP contribution < -0.4 is 0 Å². The molecule has 3 N–H and O–H groups in total. The molecule has 0 radical (unpaired) electrons. The van der Waals surface area contributed by atoms with E-state index in [2.05, 4.69) is 6.92 Å². The number of aliphatic hydroxyl groups is 3. The molecule has 3 nitrogen and oxygen atoms in total. The highest BCUT2D eigenvalue weighted by molar-refractivity contribution is 5.15. The first-order valence-electron chi connectivity index (χ1n) is 9.99. The molecule has 4 aliphatic rings. The van der Waals surface area contributed by atoms with Crippen LogP contribution in [-0.2, 0) is 0 Å². The molecule has 4 aliphatic carbocycles. The van der Waals surface area contributed by atoms with Crippen LogP contribution in [-0.4, -0.2) is 33.1 Å². The summed E-state index contributed by atoms with van der Waals surface area (Å²) in [6, 6.07) is 0. The molecule has 0 aromatic carbocycles. The smallest absolute Gasteiger partial charge is 0.0958 e. The van der Waals surface area contributed by atoms with Crippen molar-refractivity contribution < 1.29 is 15.3 Å². The molecule has 132 valence electrons. The summed E-state index contributed by atoms with van der Waals surface area (Å²) in [5, 5.41) is 31.8. The zero-order valence-electron chi connectivity index (χ0n) is 14.7. The van der Waals surface area contributed by atoms with Crippen molar-refractivity contribution in [1.29, 1.82) is 0 Å². The molecule has 0 aromatic heterocycles. The van der Waals surface area contributed by atoms with Crippen LogP contribution in [0.3, 0.4) is 0 Å². The molecule has 4 saturated carbocycles. The second-order valence-electron chi connectivity index (χ2n) is 9.39. The minimum atomic E-state index is -0.887. The van der Waals surface area contributed by atoms with Gasteiger partial charge in [0.1, 0.15) is 0 Å². The van der Waals surface area contributed by atoms with Gasteiger partial charge in [0, 0.05) is 5.41 Å². The fraction of sp³-hybridized carbons (Fsp3) is 1.00. The predicted molar refractivity (Wildman–Crippen MR) is 89.7 cm³/mol. The van der Waals surface area contributed by atoms with Gasteiger partial charge in [-0.3, -0.25) is 0 Å². The molecule has 0 spiro atoms. The van der Waals surface area contributed by atoms with Gasteiger partial charge in [-0.2, -0.15) is 0 Å². The Labute approximate surface area is 140 Å². The van der Waals surface area contributed by atoms with Gasteiger partial charge in [0.2, 0.25) is 0 Å². The summed E-state index contributed by atoms with van der Waals surface area (Å²) < 4.78 is 0. The number of aliphatic hydroxyl groups excluding tert-OH is 2. The zero-order chi connectivity index (χ0) is 16.4. The Morgan fingerprint density at radius 3 is 2.39 bits per heavy atom. The van der Waals surface area contributed by atoms with E-state index in [-0.39, 0.29) is 11.5 Å². The van der Waals surface area contributed by atoms with E-state index in [9.17, 15) is 15.3 Å². The monoisotopic (exact) mass is 322 g/mol. The highest BCUT2D eigenvalue weighted by atomic mass is 16.3. The van der Waals surface area contributed by atoms with Crippen molar-refractivity contribution in [3.05, 3.63) is 0 Å². The molecule has 3 heteroatoms. The van der Waals surface area contributed by atoms with Crippen LogP contribution in [0.15, 0.2) is 0 Å². The summed E-state index contributed by atoms with van der Waals surface area (Å²) in [6.45, 7) is 4.28. The molecule has 4 fully saturated rings. The fourth-order valence-corrected chi connectivity index (χ4v) is 7.58. The van der Waals surface area contributed by atoms with Crippen molar-refractivity contribution in [2.24, 2.45) is 35.0 Å². The van der Waals surface area contributed by atoms with Gasteiger partial charge in [0.05, 0.1) is 17.8 Å². The molecule has 9 atom stereocenters. The Morgan fingerprint density at radius 1 is 0.913 bits per heavy atom. The molecule has 0 unspecified atom stereocenters. The van der Waals surface area contributed by atoms with Crippen LogP contribution >= 0.6 is 0 Å². The Bertz CT molecular complexity index is 466. The summed E-state index contributed by atoms with van der Waals surface area (Å²) in [4.78, 5) is 0. The van der Waals surface area contributed by atoms with E-state index in [4.69, 9.17) is 0 Å².